The average molecular weight is 200 g/mol. The van der Waals surface area contributed by atoms with Crippen LogP contribution in [0, 0.1) is 0 Å². The molecule has 1 rings (SSSR count). The summed E-state index contributed by atoms with van der Waals surface area (Å²) in [6.07, 6.45) is -2.47. The predicted molar refractivity (Wildman–Crippen MR) is 53.3 cm³/mol. The smallest absolute Gasteiger partial charge is 0.263 e. The lowest BCUT2D eigenvalue weighted by Gasteiger charge is -2.13. The molecule has 2 nitrogen and oxygen atoms in total. The fourth-order valence-corrected chi connectivity index (χ4v) is 1.25. The first-order valence-electron chi connectivity index (χ1n) is 4.40. The number of anilines is 1. The minimum atomic E-state index is -2.47. The Morgan fingerprint density at radius 3 is 2.29 bits per heavy atom. The van der Waals surface area contributed by atoms with E-state index >= 15 is 0 Å². The van der Waals surface area contributed by atoms with Gasteiger partial charge < -0.3 is 11.1 Å². The molecule has 1 aromatic carbocycles. The molecule has 14 heavy (non-hydrogen) atoms. The quantitative estimate of drug-likeness (QED) is 0.735. The highest BCUT2D eigenvalue weighted by molar-refractivity contribution is 5.46. The number of rotatable bonds is 3. The molecule has 0 aromatic heterocycles. The molecule has 0 spiro atoms. The molecule has 78 valence electrons. The lowest BCUT2D eigenvalue weighted by molar-refractivity contribution is 0.151. The topological polar surface area (TPSA) is 38.0 Å². The maximum atomic E-state index is 12.4. The summed E-state index contributed by atoms with van der Waals surface area (Å²) in [7, 11) is 1.77. The number of benzene rings is 1. The Labute approximate surface area is 82.1 Å². The third-order valence-electron chi connectivity index (χ3n) is 2.18. The second kappa shape index (κ2) is 4.37. The maximum absolute atomic E-state index is 12.4. The summed E-state index contributed by atoms with van der Waals surface area (Å²) in [6.45, 7) is 1.89. The van der Waals surface area contributed by atoms with Gasteiger partial charge in [-0.2, -0.15) is 0 Å². The van der Waals surface area contributed by atoms with E-state index in [1.54, 1.807) is 13.1 Å². The maximum Gasteiger partial charge on any atom is 0.263 e. The van der Waals surface area contributed by atoms with Gasteiger partial charge in [0.2, 0.25) is 0 Å². The first-order chi connectivity index (χ1) is 6.54. The lowest BCUT2D eigenvalue weighted by Crippen LogP contribution is -2.13. The van der Waals surface area contributed by atoms with E-state index in [0.717, 1.165) is 5.56 Å². The summed E-state index contributed by atoms with van der Waals surface area (Å²) >= 11 is 0. The fourth-order valence-electron chi connectivity index (χ4n) is 1.25. The van der Waals surface area contributed by atoms with Crippen molar-refractivity contribution in [3.63, 3.8) is 0 Å². The minimum absolute atomic E-state index is 0.0241. The van der Waals surface area contributed by atoms with E-state index in [-0.39, 0.29) is 11.6 Å². The van der Waals surface area contributed by atoms with E-state index in [1.165, 1.54) is 12.1 Å². The van der Waals surface area contributed by atoms with Gasteiger partial charge in [-0.15, -0.1) is 0 Å². The number of halogens is 2. The molecule has 3 N–H and O–H groups in total. The lowest BCUT2D eigenvalue weighted by atomic mass is 10.0. The molecular formula is C10H14F2N2. The van der Waals surface area contributed by atoms with Gasteiger partial charge in [0.25, 0.3) is 6.43 Å². The molecule has 0 aliphatic carbocycles. The standard InChI is InChI=1S/C10H14F2N2/c1-6(14-2)7-3-8(10(11)12)5-9(13)4-7/h3-6,10,14H,13H2,1-2H3/t6-/m1/s1. The summed E-state index contributed by atoms with van der Waals surface area (Å²) < 4.78 is 24.8. The Hall–Kier alpha value is -1.16. The van der Waals surface area contributed by atoms with Gasteiger partial charge in [-0.1, -0.05) is 0 Å². The molecule has 0 heterocycles. The van der Waals surface area contributed by atoms with Gasteiger partial charge in [-0.25, -0.2) is 8.78 Å². The molecule has 4 heteroatoms. The Morgan fingerprint density at radius 1 is 1.21 bits per heavy atom. The molecule has 0 bridgehead atoms. The van der Waals surface area contributed by atoms with Gasteiger partial charge in [0, 0.05) is 17.3 Å². The number of nitrogens with one attached hydrogen (secondary N) is 1. The van der Waals surface area contributed by atoms with Crippen molar-refractivity contribution in [1.29, 1.82) is 0 Å². The normalized spacial score (nSPS) is 13.2. The highest BCUT2D eigenvalue weighted by Crippen LogP contribution is 2.25. The van der Waals surface area contributed by atoms with Crippen LogP contribution in [0.25, 0.3) is 0 Å². The summed E-state index contributed by atoms with van der Waals surface area (Å²) in [6, 6.07) is 4.50. The summed E-state index contributed by atoms with van der Waals surface area (Å²) in [5.74, 6) is 0. The predicted octanol–water partition coefficient (Wildman–Crippen LogP) is 2.49. The van der Waals surface area contributed by atoms with Gasteiger partial charge in [-0.05, 0) is 37.7 Å². The Kier molecular flexibility index (Phi) is 3.41. The van der Waals surface area contributed by atoms with Gasteiger partial charge in [0.15, 0.2) is 0 Å². The molecule has 0 amide bonds. The summed E-state index contributed by atoms with van der Waals surface area (Å²) in [5, 5.41) is 2.97. The van der Waals surface area contributed by atoms with Crippen LogP contribution in [0.2, 0.25) is 0 Å². The Bertz CT molecular complexity index is 313. The first kappa shape index (κ1) is 10.9. The van der Waals surface area contributed by atoms with Crippen LogP contribution in [-0.2, 0) is 0 Å². The van der Waals surface area contributed by atoms with Crippen LogP contribution in [0.5, 0.6) is 0 Å². The van der Waals surface area contributed by atoms with Crippen LogP contribution < -0.4 is 11.1 Å². The monoisotopic (exact) mass is 200 g/mol. The molecule has 1 atom stereocenters. The molecule has 0 fully saturated rings. The summed E-state index contributed by atoms with van der Waals surface area (Å²) in [5.41, 5.74) is 6.66. The largest absolute Gasteiger partial charge is 0.399 e. The fraction of sp³-hybridized carbons (Fsp3) is 0.400. The molecule has 0 saturated carbocycles. The van der Waals surface area contributed by atoms with Crippen molar-refractivity contribution in [3.05, 3.63) is 29.3 Å². The molecule has 0 saturated heterocycles. The average Bonchev–Trinajstić information content (AvgIpc) is 2.15. The highest BCUT2D eigenvalue weighted by atomic mass is 19.3. The van der Waals surface area contributed by atoms with Crippen molar-refractivity contribution < 1.29 is 8.78 Å². The molecule has 0 aliphatic heterocycles. The minimum Gasteiger partial charge on any atom is -0.399 e. The van der Waals surface area contributed by atoms with Gasteiger partial charge in [0.05, 0.1) is 0 Å². The third-order valence-corrected chi connectivity index (χ3v) is 2.18. The SMILES string of the molecule is CN[C@H](C)c1cc(N)cc(C(F)F)c1. The van der Waals surface area contributed by atoms with Crippen molar-refractivity contribution >= 4 is 5.69 Å². The number of alkyl halides is 2. The van der Waals surface area contributed by atoms with Crippen LogP contribution >= 0.6 is 0 Å². The summed E-state index contributed by atoms with van der Waals surface area (Å²) in [4.78, 5) is 0. The van der Waals surface area contributed by atoms with Crippen LogP contribution in [-0.4, -0.2) is 7.05 Å². The second-order valence-electron chi connectivity index (χ2n) is 3.24. The van der Waals surface area contributed by atoms with Crippen LogP contribution in [0.4, 0.5) is 14.5 Å². The molecule has 0 radical (unpaired) electrons. The zero-order chi connectivity index (χ0) is 10.7. The van der Waals surface area contributed by atoms with Crippen LogP contribution in [0.1, 0.15) is 30.5 Å². The van der Waals surface area contributed by atoms with Crippen molar-refractivity contribution in [2.45, 2.75) is 19.4 Å². The zero-order valence-corrected chi connectivity index (χ0v) is 8.22. The van der Waals surface area contributed by atoms with Gasteiger partial charge in [0.1, 0.15) is 0 Å². The second-order valence-corrected chi connectivity index (χ2v) is 3.24. The van der Waals surface area contributed by atoms with E-state index in [9.17, 15) is 8.78 Å². The first-order valence-corrected chi connectivity index (χ1v) is 4.40. The van der Waals surface area contributed by atoms with Gasteiger partial charge in [-0.3, -0.25) is 0 Å². The van der Waals surface area contributed by atoms with Crippen molar-refractivity contribution in [2.24, 2.45) is 0 Å². The van der Waals surface area contributed by atoms with Crippen LogP contribution in [0.15, 0.2) is 18.2 Å². The number of hydrogen-bond acceptors (Lipinski definition) is 2. The van der Waals surface area contributed by atoms with Crippen molar-refractivity contribution in [3.8, 4) is 0 Å². The number of nitrogens with two attached hydrogens (primary N) is 1. The van der Waals surface area contributed by atoms with Crippen LogP contribution in [0.3, 0.4) is 0 Å². The zero-order valence-electron chi connectivity index (χ0n) is 8.22. The van der Waals surface area contributed by atoms with Crippen molar-refractivity contribution in [2.75, 3.05) is 12.8 Å². The molecular weight excluding hydrogens is 186 g/mol. The molecule has 0 unspecified atom stereocenters. The Balaban J connectivity index is 3.07. The number of nitrogen functional groups attached to an aromatic ring is 1. The van der Waals surface area contributed by atoms with E-state index in [0.29, 0.717) is 5.69 Å². The van der Waals surface area contributed by atoms with E-state index in [2.05, 4.69) is 5.32 Å². The highest BCUT2D eigenvalue weighted by Gasteiger charge is 2.11. The molecule has 1 aromatic rings. The van der Waals surface area contributed by atoms with E-state index in [4.69, 9.17) is 5.73 Å². The number of hydrogen-bond donors (Lipinski definition) is 2. The Morgan fingerprint density at radius 2 is 1.79 bits per heavy atom. The van der Waals surface area contributed by atoms with E-state index in [1.807, 2.05) is 6.92 Å². The molecule has 0 aliphatic rings. The van der Waals surface area contributed by atoms with E-state index < -0.39 is 6.43 Å². The van der Waals surface area contributed by atoms with Gasteiger partial charge >= 0.3 is 0 Å². The van der Waals surface area contributed by atoms with Crippen molar-refractivity contribution in [1.82, 2.24) is 5.32 Å². The third kappa shape index (κ3) is 2.42.